The van der Waals surface area contributed by atoms with E-state index in [0.29, 0.717) is 42.6 Å². The highest BCUT2D eigenvalue weighted by molar-refractivity contribution is 5.90. The second kappa shape index (κ2) is 9.21. The van der Waals surface area contributed by atoms with Crippen LogP contribution in [0.2, 0.25) is 0 Å². The van der Waals surface area contributed by atoms with Gasteiger partial charge in [0, 0.05) is 11.1 Å². The van der Waals surface area contributed by atoms with Gasteiger partial charge in [-0.25, -0.2) is 4.79 Å². The number of hydrogen-bond acceptors (Lipinski definition) is 5. The Kier molecular flexibility index (Phi) is 7.62. The maximum Gasteiger partial charge on any atom is 0.338 e. The topological polar surface area (TPSA) is 54.0 Å². The van der Waals surface area contributed by atoms with Crippen LogP contribution in [0.3, 0.4) is 0 Å². The molecule has 0 N–H and O–H groups in total. The lowest BCUT2D eigenvalue weighted by Gasteiger charge is -2.22. The van der Waals surface area contributed by atoms with E-state index in [-0.39, 0.29) is 11.7 Å². The van der Waals surface area contributed by atoms with Crippen molar-refractivity contribution in [1.29, 1.82) is 0 Å². The smallest absolute Gasteiger partial charge is 0.338 e. The Balaban J connectivity index is 3.62. The molecule has 134 valence electrons. The number of carbonyl (C=O) groups excluding carboxylic acids is 1. The number of carbonyl (C=O) groups is 1. The highest BCUT2D eigenvalue weighted by Crippen LogP contribution is 2.49. The molecule has 0 aliphatic rings. The summed E-state index contributed by atoms with van der Waals surface area (Å²) in [4.78, 5) is 12.0. The molecule has 0 saturated carbocycles. The van der Waals surface area contributed by atoms with E-state index in [1.807, 2.05) is 26.8 Å². The van der Waals surface area contributed by atoms with E-state index in [4.69, 9.17) is 18.9 Å². The maximum atomic E-state index is 12.0. The summed E-state index contributed by atoms with van der Waals surface area (Å²) in [5.74, 6) is 1.33. The standard InChI is InChI=1S/C19H28O5/c1-8-21-15-11-14(12(4)5)16(22-9-2)18(23-10-3)17(15)24-19(20)13(6)7/h11-12H,6,8-10H2,1-5,7H3. The third kappa shape index (κ3) is 4.66. The Labute approximate surface area is 144 Å². The predicted octanol–water partition coefficient (Wildman–Crippen LogP) is 4.49. The van der Waals surface area contributed by atoms with Gasteiger partial charge in [0.05, 0.1) is 19.8 Å². The Morgan fingerprint density at radius 2 is 1.54 bits per heavy atom. The zero-order valence-electron chi connectivity index (χ0n) is 15.5. The van der Waals surface area contributed by atoms with Gasteiger partial charge in [-0.2, -0.15) is 0 Å². The fourth-order valence-corrected chi connectivity index (χ4v) is 2.16. The van der Waals surface area contributed by atoms with Gasteiger partial charge >= 0.3 is 5.97 Å². The Morgan fingerprint density at radius 3 is 2.00 bits per heavy atom. The van der Waals surface area contributed by atoms with Crippen molar-refractivity contribution in [3.63, 3.8) is 0 Å². The van der Waals surface area contributed by atoms with Gasteiger partial charge in [-0.05, 0) is 39.7 Å². The van der Waals surface area contributed by atoms with Crippen LogP contribution >= 0.6 is 0 Å². The second-order valence-corrected chi connectivity index (χ2v) is 5.57. The summed E-state index contributed by atoms with van der Waals surface area (Å²) in [6.07, 6.45) is 0. The van der Waals surface area contributed by atoms with Gasteiger partial charge in [0.2, 0.25) is 11.5 Å². The summed E-state index contributed by atoms with van der Waals surface area (Å²) in [6, 6.07) is 1.85. The van der Waals surface area contributed by atoms with E-state index in [1.54, 1.807) is 6.92 Å². The first-order valence-electron chi connectivity index (χ1n) is 8.34. The fourth-order valence-electron chi connectivity index (χ4n) is 2.16. The number of esters is 1. The predicted molar refractivity (Wildman–Crippen MR) is 94.5 cm³/mol. The highest BCUT2D eigenvalue weighted by atomic mass is 16.6. The molecule has 0 bridgehead atoms. The summed E-state index contributed by atoms with van der Waals surface area (Å²) in [5.41, 5.74) is 1.24. The number of hydrogen-bond donors (Lipinski definition) is 0. The number of benzene rings is 1. The van der Waals surface area contributed by atoms with Gasteiger partial charge in [-0.3, -0.25) is 0 Å². The summed E-state index contributed by atoms with van der Waals surface area (Å²) in [7, 11) is 0. The molecular weight excluding hydrogens is 308 g/mol. The van der Waals surface area contributed by atoms with Crippen molar-refractivity contribution in [3.8, 4) is 23.0 Å². The molecule has 0 heterocycles. The van der Waals surface area contributed by atoms with Crippen LogP contribution in [0.4, 0.5) is 0 Å². The van der Waals surface area contributed by atoms with Gasteiger partial charge in [0.25, 0.3) is 0 Å². The van der Waals surface area contributed by atoms with Crippen LogP contribution in [-0.4, -0.2) is 25.8 Å². The van der Waals surface area contributed by atoms with Crippen LogP contribution < -0.4 is 18.9 Å². The van der Waals surface area contributed by atoms with E-state index >= 15 is 0 Å². The van der Waals surface area contributed by atoms with Gasteiger partial charge in [0.15, 0.2) is 11.5 Å². The van der Waals surface area contributed by atoms with Crippen molar-refractivity contribution in [1.82, 2.24) is 0 Å². The van der Waals surface area contributed by atoms with Crippen molar-refractivity contribution in [2.24, 2.45) is 0 Å². The van der Waals surface area contributed by atoms with Crippen LogP contribution in [0.25, 0.3) is 0 Å². The first-order valence-corrected chi connectivity index (χ1v) is 8.34. The third-order valence-corrected chi connectivity index (χ3v) is 3.23. The van der Waals surface area contributed by atoms with Gasteiger partial charge in [-0.1, -0.05) is 20.4 Å². The summed E-state index contributed by atoms with van der Waals surface area (Å²) < 4.78 is 22.8. The minimum Gasteiger partial charge on any atom is -0.490 e. The molecule has 5 nitrogen and oxygen atoms in total. The molecule has 24 heavy (non-hydrogen) atoms. The van der Waals surface area contributed by atoms with Gasteiger partial charge in [-0.15, -0.1) is 0 Å². The molecule has 0 saturated heterocycles. The van der Waals surface area contributed by atoms with Crippen molar-refractivity contribution >= 4 is 5.97 Å². The zero-order chi connectivity index (χ0) is 18.3. The van der Waals surface area contributed by atoms with Crippen molar-refractivity contribution in [3.05, 3.63) is 23.8 Å². The lowest BCUT2D eigenvalue weighted by molar-refractivity contribution is -0.130. The molecule has 0 atom stereocenters. The summed E-state index contributed by atoms with van der Waals surface area (Å²) in [5, 5.41) is 0. The average Bonchev–Trinajstić information content (AvgIpc) is 2.52. The van der Waals surface area contributed by atoms with Gasteiger partial charge in [0.1, 0.15) is 0 Å². The van der Waals surface area contributed by atoms with Crippen LogP contribution in [0, 0.1) is 0 Å². The quantitative estimate of drug-likeness (QED) is 0.378. The second-order valence-electron chi connectivity index (χ2n) is 5.57. The molecule has 0 aromatic heterocycles. The Bertz CT molecular complexity index is 590. The Morgan fingerprint density at radius 1 is 1.00 bits per heavy atom. The molecule has 0 unspecified atom stereocenters. The van der Waals surface area contributed by atoms with Gasteiger partial charge < -0.3 is 18.9 Å². The molecule has 0 fully saturated rings. The minimum atomic E-state index is -0.531. The van der Waals surface area contributed by atoms with Crippen LogP contribution in [0.1, 0.15) is 53.0 Å². The average molecular weight is 336 g/mol. The number of rotatable bonds is 9. The van der Waals surface area contributed by atoms with Crippen LogP contribution in [-0.2, 0) is 4.79 Å². The molecule has 0 radical (unpaired) electrons. The third-order valence-electron chi connectivity index (χ3n) is 3.23. The van der Waals surface area contributed by atoms with E-state index in [1.165, 1.54) is 0 Å². The molecule has 5 heteroatoms. The molecule has 1 aromatic rings. The van der Waals surface area contributed by atoms with Crippen molar-refractivity contribution < 1.29 is 23.7 Å². The monoisotopic (exact) mass is 336 g/mol. The van der Waals surface area contributed by atoms with E-state index in [0.717, 1.165) is 5.56 Å². The largest absolute Gasteiger partial charge is 0.490 e. The first kappa shape index (κ1) is 19.9. The maximum absolute atomic E-state index is 12.0. The number of ether oxygens (including phenoxy) is 4. The molecule has 1 rings (SSSR count). The normalized spacial score (nSPS) is 10.5. The summed E-state index contributed by atoms with van der Waals surface area (Å²) in [6.45, 7) is 16.3. The van der Waals surface area contributed by atoms with E-state index in [9.17, 15) is 4.79 Å². The molecular formula is C19H28O5. The SMILES string of the molecule is C=C(C)C(=O)Oc1c(OCC)cc(C(C)C)c(OCC)c1OCC. The van der Waals surface area contributed by atoms with Crippen molar-refractivity contribution in [2.75, 3.05) is 19.8 Å². The zero-order valence-corrected chi connectivity index (χ0v) is 15.5. The van der Waals surface area contributed by atoms with E-state index in [2.05, 4.69) is 20.4 Å². The lowest BCUT2D eigenvalue weighted by atomic mass is 10.0. The van der Waals surface area contributed by atoms with Crippen LogP contribution in [0.15, 0.2) is 18.2 Å². The van der Waals surface area contributed by atoms with Crippen molar-refractivity contribution in [2.45, 2.75) is 47.5 Å². The summed E-state index contributed by atoms with van der Waals surface area (Å²) >= 11 is 0. The highest BCUT2D eigenvalue weighted by Gasteiger charge is 2.26. The molecule has 0 spiro atoms. The lowest BCUT2D eigenvalue weighted by Crippen LogP contribution is -2.13. The van der Waals surface area contributed by atoms with Crippen LogP contribution in [0.5, 0.6) is 23.0 Å². The Hall–Kier alpha value is -2.17. The first-order chi connectivity index (χ1) is 11.4. The molecule has 0 aliphatic heterocycles. The molecule has 0 amide bonds. The fraction of sp³-hybridized carbons (Fsp3) is 0.526. The van der Waals surface area contributed by atoms with E-state index < -0.39 is 5.97 Å². The molecule has 1 aromatic carbocycles. The molecule has 0 aliphatic carbocycles. The minimum absolute atomic E-state index is 0.191.